The summed E-state index contributed by atoms with van der Waals surface area (Å²) in [5.41, 5.74) is 0.454. The molecule has 3 nitrogen and oxygen atoms in total. The molecule has 0 amide bonds. The zero-order valence-corrected chi connectivity index (χ0v) is 15.6. The van der Waals surface area contributed by atoms with Crippen LogP contribution >= 0.6 is 0 Å². The summed E-state index contributed by atoms with van der Waals surface area (Å²) in [5, 5.41) is 14.3. The Morgan fingerprint density at radius 2 is 1.10 bits per heavy atom. The first-order chi connectivity index (χ1) is 14.2. The number of fused-ring (bicyclic) bond motifs is 3. The highest BCUT2D eigenvalue weighted by Gasteiger charge is 2.36. The van der Waals surface area contributed by atoms with Crippen LogP contribution in [0.5, 0.6) is 0 Å². The zero-order chi connectivity index (χ0) is 19.8. The summed E-state index contributed by atoms with van der Waals surface area (Å²) in [6.07, 6.45) is 0. The van der Waals surface area contributed by atoms with E-state index in [2.05, 4.69) is 0 Å². The molecule has 0 atom stereocenters. The first-order valence-electron chi connectivity index (χ1n) is 9.48. The minimum Gasteiger partial charge on any atom is -0.422 e. The lowest BCUT2D eigenvalue weighted by Gasteiger charge is -2.30. The van der Waals surface area contributed by atoms with E-state index in [0.717, 1.165) is 10.8 Å². The lowest BCUT2D eigenvalue weighted by atomic mass is 9.79. The van der Waals surface area contributed by atoms with Crippen LogP contribution in [0, 0.1) is 0 Å². The number of benzene rings is 4. The van der Waals surface area contributed by atoms with Gasteiger partial charge in [-0.15, -0.1) is 0 Å². The minimum atomic E-state index is -1.47. The maximum absolute atomic E-state index is 12.7. The van der Waals surface area contributed by atoms with Crippen molar-refractivity contribution in [2.24, 2.45) is 0 Å². The summed E-state index contributed by atoms with van der Waals surface area (Å²) in [4.78, 5) is 12.7. The molecule has 5 rings (SSSR count). The summed E-state index contributed by atoms with van der Waals surface area (Å²) in [6, 6.07) is 31.9. The second-order valence-electron chi connectivity index (χ2n) is 7.06. The smallest absolute Gasteiger partial charge is 0.344 e. The molecule has 1 aromatic heterocycles. The predicted octanol–water partition coefficient (Wildman–Crippen LogP) is 5.23. The molecule has 0 fully saturated rings. The molecule has 0 radical (unpaired) electrons. The van der Waals surface area contributed by atoms with Gasteiger partial charge >= 0.3 is 5.63 Å². The average molecular weight is 378 g/mol. The molecule has 0 aliphatic carbocycles. The van der Waals surface area contributed by atoms with E-state index in [-0.39, 0.29) is 0 Å². The fourth-order valence-electron chi connectivity index (χ4n) is 4.02. The molecule has 0 spiro atoms. The van der Waals surface area contributed by atoms with Crippen molar-refractivity contribution in [3.8, 4) is 0 Å². The van der Waals surface area contributed by atoms with Gasteiger partial charge in [0.2, 0.25) is 0 Å². The Kier molecular flexibility index (Phi) is 4.04. The quantitative estimate of drug-likeness (QED) is 0.266. The van der Waals surface area contributed by atoms with Crippen molar-refractivity contribution in [2.45, 2.75) is 5.60 Å². The molecule has 29 heavy (non-hydrogen) atoms. The molecule has 1 N–H and O–H groups in total. The van der Waals surface area contributed by atoms with Crippen LogP contribution in [0.2, 0.25) is 0 Å². The van der Waals surface area contributed by atoms with Gasteiger partial charge in [-0.25, -0.2) is 4.79 Å². The molecular weight excluding hydrogens is 360 g/mol. The summed E-state index contributed by atoms with van der Waals surface area (Å²) >= 11 is 0. The van der Waals surface area contributed by atoms with Crippen molar-refractivity contribution in [3.05, 3.63) is 130 Å². The Hall–Kier alpha value is -3.69. The second kappa shape index (κ2) is 6.73. The van der Waals surface area contributed by atoms with Gasteiger partial charge in [-0.2, -0.15) is 0 Å². The Morgan fingerprint density at radius 1 is 0.586 bits per heavy atom. The number of rotatable bonds is 3. The van der Waals surface area contributed by atoms with Gasteiger partial charge < -0.3 is 9.52 Å². The lowest BCUT2D eigenvalue weighted by molar-refractivity contribution is 0.126. The molecule has 0 aliphatic heterocycles. The standard InChI is InChI=1S/C26H18O3/c27-25-22-15-8-7-14-20(22)21-16-9-17-23(24(21)29-25)26(28,18-10-3-1-4-11-18)19-12-5-2-6-13-19/h1-17,28H. The van der Waals surface area contributed by atoms with Gasteiger partial charge in [0.05, 0.1) is 5.39 Å². The molecule has 0 saturated carbocycles. The van der Waals surface area contributed by atoms with Crippen LogP contribution in [0.4, 0.5) is 0 Å². The van der Waals surface area contributed by atoms with Crippen molar-refractivity contribution in [1.82, 2.24) is 0 Å². The monoisotopic (exact) mass is 378 g/mol. The van der Waals surface area contributed by atoms with E-state index in [1.165, 1.54) is 0 Å². The first kappa shape index (κ1) is 17.4. The van der Waals surface area contributed by atoms with Gasteiger partial charge in [0.1, 0.15) is 11.2 Å². The molecular formula is C26H18O3. The Labute approximate surface area is 167 Å². The van der Waals surface area contributed by atoms with Gasteiger partial charge in [0.15, 0.2) is 0 Å². The van der Waals surface area contributed by atoms with E-state index in [0.29, 0.717) is 27.7 Å². The van der Waals surface area contributed by atoms with Crippen LogP contribution in [0.1, 0.15) is 16.7 Å². The van der Waals surface area contributed by atoms with Crippen LogP contribution in [0.3, 0.4) is 0 Å². The summed E-state index contributed by atoms with van der Waals surface area (Å²) < 4.78 is 5.78. The van der Waals surface area contributed by atoms with Gasteiger partial charge in [-0.05, 0) is 22.6 Å². The Bertz CT molecular complexity index is 1330. The SMILES string of the molecule is O=c1oc2c(C(O)(c3ccccc3)c3ccccc3)cccc2c2ccccc12. The molecule has 3 heteroatoms. The van der Waals surface area contributed by atoms with Crippen LogP contribution in [0.25, 0.3) is 21.7 Å². The van der Waals surface area contributed by atoms with E-state index < -0.39 is 11.2 Å². The largest absolute Gasteiger partial charge is 0.422 e. The van der Waals surface area contributed by atoms with Crippen molar-refractivity contribution in [2.75, 3.05) is 0 Å². The normalized spacial score (nSPS) is 11.8. The number of aliphatic hydroxyl groups is 1. The van der Waals surface area contributed by atoms with E-state index in [1.807, 2.05) is 97.1 Å². The zero-order valence-electron chi connectivity index (χ0n) is 15.6. The topological polar surface area (TPSA) is 50.4 Å². The van der Waals surface area contributed by atoms with Gasteiger partial charge in [-0.3, -0.25) is 0 Å². The molecule has 0 unspecified atom stereocenters. The lowest BCUT2D eigenvalue weighted by Crippen LogP contribution is -2.29. The highest BCUT2D eigenvalue weighted by Crippen LogP contribution is 2.40. The molecule has 0 bridgehead atoms. The minimum absolute atomic E-state index is 0.395. The third kappa shape index (κ3) is 2.67. The number of hydrogen-bond donors (Lipinski definition) is 1. The highest BCUT2D eigenvalue weighted by atomic mass is 16.4. The molecule has 1 heterocycles. The van der Waals surface area contributed by atoms with E-state index in [1.54, 1.807) is 6.07 Å². The number of hydrogen-bond acceptors (Lipinski definition) is 3. The van der Waals surface area contributed by atoms with E-state index >= 15 is 0 Å². The average Bonchev–Trinajstić information content (AvgIpc) is 2.80. The van der Waals surface area contributed by atoms with Crippen molar-refractivity contribution in [3.63, 3.8) is 0 Å². The van der Waals surface area contributed by atoms with Gasteiger partial charge in [0, 0.05) is 10.9 Å². The molecule has 0 saturated heterocycles. The predicted molar refractivity (Wildman–Crippen MR) is 115 cm³/mol. The van der Waals surface area contributed by atoms with Crippen LogP contribution < -0.4 is 5.63 Å². The first-order valence-corrected chi connectivity index (χ1v) is 9.48. The second-order valence-corrected chi connectivity index (χ2v) is 7.06. The van der Waals surface area contributed by atoms with Crippen LogP contribution in [-0.2, 0) is 5.60 Å². The fourth-order valence-corrected chi connectivity index (χ4v) is 4.02. The van der Waals surface area contributed by atoms with Gasteiger partial charge in [-0.1, -0.05) is 97.1 Å². The van der Waals surface area contributed by atoms with Crippen LogP contribution in [-0.4, -0.2) is 5.11 Å². The summed E-state index contributed by atoms with van der Waals surface area (Å²) in [7, 11) is 0. The molecule has 4 aromatic carbocycles. The maximum Gasteiger partial charge on any atom is 0.344 e. The Balaban J connectivity index is 1.92. The molecule has 5 aromatic rings. The molecule has 140 valence electrons. The fraction of sp³-hybridized carbons (Fsp3) is 0.0385. The maximum atomic E-state index is 12.7. The highest BCUT2D eigenvalue weighted by molar-refractivity contribution is 6.05. The summed E-state index contributed by atoms with van der Waals surface area (Å²) in [5.74, 6) is 0. The number of para-hydroxylation sites is 1. The Morgan fingerprint density at radius 3 is 1.72 bits per heavy atom. The van der Waals surface area contributed by atoms with Gasteiger partial charge in [0.25, 0.3) is 0 Å². The third-order valence-corrected chi connectivity index (χ3v) is 5.42. The van der Waals surface area contributed by atoms with E-state index in [9.17, 15) is 9.90 Å². The van der Waals surface area contributed by atoms with Crippen LogP contribution in [0.15, 0.2) is 112 Å². The third-order valence-electron chi connectivity index (χ3n) is 5.42. The summed E-state index contributed by atoms with van der Waals surface area (Å²) in [6.45, 7) is 0. The van der Waals surface area contributed by atoms with Crippen molar-refractivity contribution >= 4 is 21.7 Å². The molecule has 0 aliphatic rings. The van der Waals surface area contributed by atoms with Crippen molar-refractivity contribution in [1.29, 1.82) is 0 Å². The van der Waals surface area contributed by atoms with Crippen molar-refractivity contribution < 1.29 is 9.52 Å². The van der Waals surface area contributed by atoms with E-state index in [4.69, 9.17) is 4.42 Å².